The zero-order valence-corrected chi connectivity index (χ0v) is 16.5. The molecule has 2 saturated carbocycles. The van der Waals surface area contributed by atoms with E-state index < -0.39 is 0 Å². The van der Waals surface area contributed by atoms with Crippen molar-refractivity contribution in [2.75, 3.05) is 35.0 Å². The molecule has 0 aliphatic heterocycles. The fourth-order valence-electron chi connectivity index (χ4n) is 4.40. The van der Waals surface area contributed by atoms with E-state index in [-0.39, 0.29) is 30.5 Å². The second kappa shape index (κ2) is 10.6. The van der Waals surface area contributed by atoms with Gasteiger partial charge in [0.05, 0.1) is 24.4 Å². The first-order valence-corrected chi connectivity index (χ1v) is 9.57. The van der Waals surface area contributed by atoms with Gasteiger partial charge >= 0.3 is 0 Å². The second-order valence-corrected chi connectivity index (χ2v) is 7.21. The van der Waals surface area contributed by atoms with E-state index in [4.69, 9.17) is 23.7 Å². The molecule has 5 heteroatoms. The molecule has 146 valence electrons. The number of methoxy groups -OCH3 is 4. The van der Waals surface area contributed by atoms with Crippen molar-refractivity contribution < 1.29 is 23.7 Å². The Balaban J connectivity index is 1.94. The average Bonchev–Trinajstić information content (AvgIpc) is 2.65. The summed E-state index contributed by atoms with van der Waals surface area (Å²) in [5.74, 6) is 1.03. The maximum Gasteiger partial charge on any atom is 0.109 e. The van der Waals surface area contributed by atoms with E-state index in [9.17, 15) is 0 Å². The van der Waals surface area contributed by atoms with E-state index in [0.29, 0.717) is 11.8 Å². The monoisotopic (exact) mass is 356 g/mol. The lowest BCUT2D eigenvalue weighted by Crippen LogP contribution is -2.47. The Hall–Kier alpha value is -0.460. The van der Waals surface area contributed by atoms with Crippen LogP contribution in [0.25, 0.3) is 0 Å². The van der Waals surface area contributed by atoms with Gasteiger partial charge in [-0.05, 0) is 50.9 Å². The molecule has 2 aliphatic rings. The predicted molar refractivity (Wildman–Crippen MR) is 97.8 cm³/mol. The maximum absolute atomic E-state index is 5.89. The Labute approximate surface area is 153 Å². The van der Waals surface area contributed by atoms with Crippen LogP contribution in [0.4, 0.5) is 0 Å². The molecular formula is C20H36O5. The standard InChI is InChI=1S/C20H36O5/c1-6-25-17-11-14(9-10-16(17)21-2)7-8-15-12-18(22-3)20(24-5)19(13-15)23-4/h7-8,14-20H,6,9-13H2,1-5H3. The van der Waals surface area contributed by atoms with Crippen molar-refractivity contribution >= 4 is 0 Å². The van der Waals surface area contributed by atoms with Gasteiger partial charge in [0.2, 0.25) is 0 Å². The molecule has 0 aromatic heterocycles. The van der Waals surface area contributed by atoms with Gasteiger partial charge in [-0.1, -0.05) is 12.2 Å². The smallest absolute Gasteiger partial charge is 0.109 e. The minimum absolute atomic E-state index is 0.0131. The summed E-state index contributed by atoms with van der Waals surface area (Å²) < 4.78 is 28.4. The van der Waals surface area contributed by atoms with Crippen LogP contribution in [0, 0.1) is 11.8 Å². The zero-order valence-electron chi connectivity index (χ0n) is 16.5. The first-order valence-electron chi connectivity index (χ1n) is 9.57. The van der Waals surface area contributed by atoms with Gasteiger partial charge < -0.3 is 23.7 Å². The quantitative estimate of drug-likeness (QED) is 0.625. The fraction of sp³-hybridized carbons (Fsp3) is 0.900. The molecule has 25 heavy (non-hydrogen) atoms. The van der Waals surface area contributed by atoms with Crippen LogP contribution in [0.1, 0.15) is 39.0 Å². The summed E-state index contributed by atoms with van der Waals surface area (Å²) in [6.45, 7) is 2.79. The van der Waals surface area contributed by atoms with Gasteiger partial charge in [-0.15, -0.1) is 0 Å². The number of ether oxygens (including phenoxy) is 5. The fourth-order valence-corrected chi connectivity index (χ4v) is 4.40. The Kier molecular flexibility index (Phi) is 8.87. The van der Waals surface area contributed by atoms with Crippen molar-refractivity contribution in [1.82, 2.24) is 0 Å². The van der Waals surface area contributed by atoms with Crippen LogP contribution < -0.4 is 0 Å². The molecule has 2 fully saturated rings. The van der Waals surface area contributed by atoms with E-state index in [1.807, 2.05) is 0 Å². The highest BCUT2D eigenvalue weighted by molar-refractivity contribution is 5.01. The maximum atomic E-state index is 5.89. The molecule has 0 radical (unpaired) electrons. The molecule has 2 aliphatic carbocycles. The third-order valence-electron chi connectivity index (χ3n) is 5.79. The number of rotatable bonds is 8. The summed E-state index contributed by atoms with van der Waals surface area (Å²) in [6, 6.07) is 0. The van der Waals surface area contributed by atoms with Crippen LogP contribution in [0.2, 0.25) is 0 Å². The van der Waals surface area contributed by atoms with Gasteiger partial charge in [0.1, 0.15) is 6.10 Å². The summed E-state index contributed by atoms with van der Waals surface area (Å²) >= 11 is 0. The molecule has 2 rings (SSSR count). The van der Waals surface area contributed by atoms with E-state index in [2.05, 4.69) is 19.1 Å². The number of hydrogen-bond donors (Lipinski definition) is 0. The molecule has 0 saturated heterocycles. The van der Waals surface area contributed by atoms with Crippen LogP contribution in [0.15, 0.2) is 12.2 Å². The second-order valence-electron chi connectivity index (χ2n) is 7.21. The van der Waals surface area contributed by atoms with Gasteiger partial charge in [0.25, 0.3) is 0 Å². The summed E-state index contributed by atoms with van der Waals surface area (Å²) in [5, 5.41) is 0. The first-order chi connectivity index (χ1) is 12.2. The minimum Gasteiger partial charge on any atom is -0.379 e. The molecule has 0 bridgehead atoms. The first kappa shape index (κ1) is 20.8. The van der Waals surface area contributed by atoms with Crippen LogP contribution in [0.5, 0.6) is 0 Å². The van der Waals surface area contributed by atoms with Crippen LogP contribution in [-0.2, 0) is 23.7 Å². The van der Waals surface area contributed by atoms with Crippen molar-refractivity contribution in [2.24, 2.45) is 11.8 Å². The van der Waals surface area contributed by atoms with Crippen LogP contribution in [-0.4, -0.2) is 65.6 Å². The SMILES string of the molecule is CCOC1CC(C=CC2CC(OC)C(OC)C(OC)C2)CCC1OC. The van der Waals surface area contributed by atoms with Crippen molar-refractivity contribution in [3.05, 3.63) is 12.2 Å². The third-order valence-corrected chi connectivity index (χ3v) is 5.79. The van der Waals surface area contributed by atoms with Crippen molar-refractivity contribution in [1.29, 1.82) is 0 Å². The molecule has 5 atom stereocenters. The molecule has 0 N–H and O–H groups in total. The number of hydrogen-bond acceptors (Lipinski definition) is 5. The van der Waals surface area contributed by atoms with Gasteiger partial charge in [-0.2, -0.15) is 0 Å². The van der Waals surface area contributed by atoms with Crippen LogP contribution >= 0.6 is 0 Å². The van der Waals surface area contributed by atoms with Gasteiger partial charge in [-0.25, -0.2) is 0 Å². The molecule has 0 amide bonds. The van der Waals surface area contributed by atoms with E-state index >= 15 is 0 Å². The summed E-state index contributed by atoms with van der Waals surface area (Å²) in [4.78, 5) is 0. The molecule has 0 aromatic rings. The average molecular weight is 357 g/mol. The lowest BCUT2D eigenvalue weighted by molar-refractivity contribution is -0.136. The lowest BCUT2D eigenvalue weighted by atomic mass is 9.80. The normalized spacial score (nSPS) is 39.8. The highest BCUT2D eigenvalue weighted by Gasteiger charge is 2.38. The summed E-state index contributed by atoms with van der Waals surface area (Å²) in [6.07, 6.45) is 10.6. The topological polar surface area (TPSA) is 46.2 Å². The Morgan fingerprint density at radius 2 is 1.24 bits per heavy atom. The van der Waals surface area contributed by atoms with Crippen molar-refractivity contribution in [3.8, 4) is 0 Å². The van der Waals surface area contributed by atoms with Gasteiger partial charge in [0.15, 0.2) is 0 Å². The zero-order chi connectivity index (χ0) is 18.2. The highest BCUT2D eigenvalue weighted by Crippen LogP contribution is 2.33. The Morgan fingerprint density at radius 1 is 0.680 bits per heavy atom. The Bertz CT molecular complexity index is 386. The minimum atomic E-state index is 0.0131. The summed E-state index contributed by atoms with van der Waals surface area (Å²) in [5.41, 5.74) is 0. The molecule has 5 nitrogen and oxygen atoms in total. The largest absolute Gasteiger partial charge is 0.379 e. The third kappa shape index (κ3) is 5.51. The van der Waals surface area contributed by atoms with Crippen molar-refractivity contribution in [3.63, 3.8) is 0 Å². The summed E-state index contributed by atoms with van der Waals surface area (Å²) in [7, 11) is 7.04. The van der Waals surface area contributed by atoms with E-state index in [1.54, 1.807) is 28.4 Å². The lowest BCUT2D eigenvalue weighted by Gasteiger charge is -2.39. The van der Waals surface area contributed by atoms with Crippen LogP contribution in [0.3, 0.4) is 0 Å². The molecular weight excluding hydrogens is 320 g/mol. The van der Waals surface area contributed by atoms with E-state index in [0.717, 1.165) is 38.7 Å². The van der Waals surface area contributed by atoms with Crippen molar-refractivity contribution in [2.45, 2.75) is 69.5 Å². The number of allylic oxidation sites excluding steroid dienone is 2. The Morgan fingerprint density at radius 3 is 1.76 bits per heavy atom. The molecule has 0 heterocycles. The molecule has 0 aromatic carbocycles. The van der Waals surface area contributed by atoms with Gasteiger partial charge in [-0.3, -0.25) is 0 Å². The van der Waals surface area contributed by atoms with Gasteiger partial charge in [0, 0.05) is 35.0 Å². The molecule has 0 spiro atoms. The predicted octanol–water partition coefficient (Wildman–Crippen LogP) is 3.22. The van der Waals surface area contributed by atoms with E-state index in [1.165, 1.54) is 0 Å². The highest BCUT2D eigenvalue weighted by atomic mass is 16.6. The molecule has 5 unspecified atom stereocenters.